The van der Waals surface area contributed by atoms with Crippen LogP contribution >= 0.6 is 0 Å². The third kappa shape index (κ3) is 3.20. The van der Waals surface area contributed by atoms with Crippen molar-refractivity contribution in [2.45, 2.75) is 57.5 Å². The number of hydrogen-bond donors (Lipinski definition) is 1. The Labute approximate surface area is 108 Å². The van der Waals surface area contributed by atoms with E-state index in [0.29, 0.717) is 13.0 Å². The smallest absolute Gasteiger partial charge is 0.239 e. The average Bonchev–Trinajstić information content (AvgIpc) is 2.84. The summed E-state index contributed by atoms with van der Waals surface area (Å²) in [6.07, 6.45) is 1.11. The number of alkyl halides is 1. The van der Waals surface area contributed by atoms with Crippen LogP contribution < -0.4 is 5.32 Å². The minimum atomic E-state index is -1.06. The van der Waals surface area contributed by atoms with Gasteiger partial charge in [-0.2, -0.15) is 0 Å². The monoisotopic (exact) mass is 258 g/mol. The van der Waals surface area contributed by atoms with Crippen LogP contribution in [-0.4, -0.2) is 54.9 Å². The van der Waals surface area contributed by atoms with E-state index in [-0.39, 0.29) is 30.7 Å². The highest BCUT2D eigenvalue weighted by Crippen LogP contribution is 2.20. The molecule has 2 fully saturated rings. The van der Waals surface area contributed by atoms with Gasteiger partial charge in [-0.15, -0.1) is 0 Å². The van der Waals surface area contributed by atoms with Gasteiger partial charge in [-0.25, -0.2) is 4.39 Å². The summed E-state index contributed by atoms with van der Waals surface area (Å²) in [6, 6.07) is -0.0974. The van der Waals surface area contributed by atoms with Crippen LogP contribution in [0.5, 0.6) is 0 Å². The number of piperidine rings is 1. The molecule has 0 aromatic rings. The van der Waals surface area contributed by atoms with Gasteiger partial charge in [0.05, 0.1) is 24.8 Å². The number of ether oxygens (including phenoxy) is 1. The van der Waals surface area contributed by atoms with Crippen molar-refractivity contribution < 1.29 is 13.9 Å². The second-order valence-corrected chi connectivity index (χ2v) is 5.46. The molecule has 2 saturated heterocycles. The molecular weight excluding hydrogens is 235 g/mol. The number of carbonyl (C=O) groups excluding carboxylic acids is 1. The van der Waals surface area contributed by atoms with Crippen molar-refractivity contribution in [3.63, 3.8) is 0 Å². The Morgan fingerprint density at radius 2 is 2.22 bits per heavy atom. The van der Waals surface area contributed by atoms with Gasteiger partial charge in [0, 0.05) is 6.54 Å². The van der Waals surface area contributed by atoms with Gasteiger partial charge in [0.15, 0.2) is 0 Å². The topological polar surface area (TPSA) is 41.6 Å². The summed E-state index contributed by atoms with van der Waals surface area (Å²) in [5.41, 5.74) is 0. The number of amides is 1. The average molecular weight is 258 g/mol. The van der Waals surface area contributed by atoms with Gasteiger partial charge in [0.1, 0.15) is 6.17 Å². The van der Waals surface area contributed by atoms with Crippen LogP contribution in [0.3, 0.4) is 0 Å². The van der Waals surface area contributed by atoms with Gasteiger partial charge in [0.25, 0.3) is 0 Å². The lowest BCUT2D eigenvalue weighted by atomic mass is 10.0. The van der Waals surface area contributed by atoms with Crippen molar-refractivity contribution in [1.29, 1.82) is 0 Å². The molecule has 0 aromatic heterocycles. The van der Waals surface area contributed by atoms with Crippen LogP contribution in [0.4, 0.5) is 4.39 Å². The molecule has 104 valence electrons. The molecule has 5 heteroatoms. The molecule has 0 aromatic carbocycles. The normalized spacial score (nSPS) is 33.1. The van der Waals surface area contributed by atoms with Crippen molar-refractivity contribution in [2.75, 3.05) is 19.6 Å². The van der Waals surface area contributed by atoms with Crippen molar-refractivity contribution in [2.24, 2.45) is 0 Å². The van der Waals surface area contributed by atoms with Crippen LogP contribution in [0.1, 0.15) is 33.1 Å². The van der Waals surface area contributed by atoms with E-state index < -0.39 is 6.17 Å². The Balaban J connectivity index is 1.85. The zero-order chi connectivity index (χ0) is 13.1. The highest BCUT2D eigenvalue weighted by atomic mass is 19.1. The standard InChI is InChI=1S/C13H23FN2O2/c1-9(2)18-12-5-7-16(8-10(12)14)13(17)11-4-3-6-15-11/h9-12,15H,3-8H2,1-2H3/t10-,11-,12+/m1/s1. The molecule has 1 N–H and O–H groups in total. The van der Waals surface area contributed by atoms with Crippen LogP contribution in [0.2, 0.25) is 0 Å². The number of rotatable bonds is 3. The maximum Gasteiger partial charge on any atom is 0.239 e. The summed E-state index contributed by atoms with van der Waals surface area (Å²) >= 11 is 0. The Morgan fingerprint density at radius 1 is 1.44 bits per heavy atom. The van der Waals surface area contributed by atoms with E-state index in [4.69, 9.17) is 4.74 Å². The number of carbonyl (C=O) groups is 1. The van der Waals surface area contributed by atoms with E-state index >= 15 is 0 Å². The Bertz CT molecular complexity index is 293. The quantitative estimate of drug-likeness (QED) is 0.824. The molecule has 0 aliphatic carbocycles. The highest BCUT2D eigenvalue weighted by Gasteiger charge is 2.35. The molecule has 4 nitrogen and oxygen atoms in total. The number of halogens is 1. The van der Waals surface area contributed by atoms with Crippen LogP contribution in [0.15, 0.2) is 0 Å². The van der Waals surface area contributed by atoms with Gasteiger partial charge in [0.2, 0.25) is 5.91 Å². The van der Waals surface area contributed by atoms with Crippen LogP contribution in [0, 0.1) is 0 Å². The Kier molecular flexibility index (Phi) is 4.56. The lowest BCUT2D eigenvalue weighted by Crippen LogP contribution is -2.52. The molecule has 0 radical (unpaired) electrons. The molecule has 2 aliphatic heterocycles. The maximum atomic E-state index is 14.0. The molecule has 2 heterocycles. The van der Waals surface area contributed by atoms with E-state index in [0.717, 1.165) is 19.4 Å². The summed E-state index contributed by atoms with van der Waals surface area (Å²) in [6.45, 7) is 5.49. The third-order valence-electron chi connectivity index (χ3n) is 3.60. The minimum absolute atomic E-state index is 0.0343. The highest BCUT2D eigenvalue weighted by molar-refractivity contribution is 5.82. The Morgan fingerprint density at radius 3 is 2.78 bits per heavy atom. The lowest BCUT2D eigenvalue weighted by molar-refractivity contribution is -0.140. The summed E-state index contributed by atoms with van der Waals surface area (Å²) in [4.78, 5) is 13.8. The summed E-state index contributed by atoms with van der Waals surface area (Å²) in [5.74, 6) is 0.0538. The van der Waals surface area contributed by atoms with Gasteiger partial charge in [-0.3, -0.25) is 4.79 Å². The molecule has 3 atom stereocenters. The molecule has 0 unspecified atom stereocenters. The van der Waals surface area contributed by atoms with E-state index in [9.17, 15) is 9.18 Å². The second kappa shape index (κ2) is 5.97. The number of nitrogens with zero attached hydrogens (tertiary/aromatic N) is 1. The van der Waals surface area contributed by atoms with Crippen molar-refractivity contribution in [1.82, 2.24) is 10.2 Å². The zero-order valence-electron chi connectivity index (χ0n) is 11.2. The zero-order valence-corrected chi connectivity index (χ0v) is 11.2. The summed E-state index contributed by atoms with van der Waals surface area (Å²) < 4.78 is 19.5. The first-order chi connectivity index (χ1) is 8.58. The Hall–Kier alpha value is -0.680. The fourth-order valence-corrected chi connectivity index (χ4v) is 2.70. The fraction of sp³-hybridized carbons (Fsp3) is 0.923. The predicted octanol–water partition coefficient (Wildman–Crippen LogP) is 1.10. The molecular formula is C13H23FN2O2. The van der Waals surface area contributed by atoms with E-state index in [1.54, 1.807) is 4.90 Å². The third-order valence-corrected chi connectivity index (χ3v) is 3.60. The van der Waals surface area contributed by atoms with Gasteiger partial charge < -0.3 is 15.0 Å². The maximum absolute atomic E-state index is 14.0. The lowest BCUT2D eigenvalue weighted by Gasteiger charge is -2.36. The largest absolute Gasteiger partial charge is 0.372 e. The van der Waals surface area contributed by atoms with Gasteiger partial charge in [-0.05, 0) is 39.7 Å². The number of hydrogen-bond acceptors (Lipinski definition) is 3. The first kappa shape index (κ1) is 13.7. The first-order valence-corrected chi connectivity index (χ1v) is 6.89. The second-order valence-electron chi connectivity index (χ2n) is 5.46. The van der Waals surface area contributed by atoms with Crippen molar-refractivity contribution in [3.05, 3.63) is 0 Å². The van der Waals surface area contributed by atoms with Gasteiger partial charge in [-0.1, -0.05) is 0 Å². The van der Waals surface area contributed by atoms with E-state index in [1.807, 2.05) is 13.8 Å². The van der Waals surface area contributed by atoms with Crippen LogP contribution in [-0.2, 0) is 9.53 Å². The first-order valence-electron chi connectivity index (χ1n) is 6.89. The molecule has 0 bridgehead atoms. The van der Waals surface area contributed by atoms with E-state index in [2.05, 4.69) is 5.32 Å². The van der Waals surface area contributed by atoms with Crippen molar-refractivity contribution in [3.8, 4) is 0 Å². The molecule has 0 spiro atoms. The summed E-state index contributed by atoms with van der Waals surface area (Å²) in [5, 5.41) is 3.17. The molecule has 1 amide bonds. The SMILES string of the molecule is CC(C)O[C@H]1CCN(C(=O)[C@H]2CCCN2)C[C@H]1F. The predicted molar refractivity (Wildman–Crippen MR) is 67.1 cm³/mol. The van der Waals surface area contributed by atoms with Gasteiger partial charge >= 0.3 is 0 Å². The van der Waals surface area contributed by atoms with Crippen molar-refractivity contribution >= 4 is 5.91 Å². The molecule has 0 saturated carbocycles. The van der Waals surface area contributed by atoms with Crippen LogP contribution in [0.25, 0.3) is 0 Å². The minimum Gasteiger partial charge on any atom is -0.372 e. The molecule has 18 heavy (non-hydrogen) atoms. The number of nitrogens with one attached hydrogen (secondary N) is 1. The molecule has 2 rings (SSSR count). The fourth-order valence-electron chi connectivity index (χ4n) is 2.70. The molecule has 2 aliphatic rings. The summed E-state index contributed by atoms with van der Waals surface area (Å²) in [7, 11) is 0. The number of likely N-dealkylation sites (tertiary alicyclic amines) is 1. The van der Waals surface area contributed by atoms with E-state index in [1.165, 1.54) is 0 Å².